The van der Waals surface area contributed by atoms with Crippen LogP contribution >= 0.6 is 23.4 Å². The summed E-state index contributed by atoms with van der Waals surface area (Å²) in [5.41, 5.74) is -0.599. The number of para-hydroxylation sites is 1. The van der Waals surface area contributed by atoms with Gasteiger partial charge in [-0.2, -0.15) is 11.8 Å². The zero-order valence-corrected chi connectivity index (χ0v) is 14.2. The van der Waals surface area contributed by atoms with Crippen LogP contribution in [0.15, 0.2) is 30.5 Å². The summed E-state index contributed by atoms with van der Waals surface area (Å²) >= 11 is 7.78. The van der Waals surface area contributed by atoms with E-state index in [0.717, 1.165) is 0 Å². The van der Waals surface area contributed by atoms with Gasteiger partial charge in [0.1, 0.15) is 5.54 Å². The van der Waals surface area contributed by atoms with Gasteiger partial charge in [0, 0.05) is 0 Å². The Hall–Kier alpha value is -2.06. The van der Waals surface area contributed by atoms with Gasteiger partial charge in [-0.25, -0.2) is 9.48 Å². The van der Waals surface area contributed by atoms with E-state index in [-0.39, 0.29) is 5.69 Å². The molecular weight excluding hydrogens is 352 g/mol. The molecule has 0 saturated carbocycles. The lowest BCUT2D eigenvalue weighted by Crippen LogP contribution is -2.56. The molecule has 2 heterocycles. The molecule has 0 radical (unpaired) electrons. The Morgan fingerprint density at radius 3 is 2.67 bits per heavy atom. The minimum atomic E-state index is -1.24. The fourth-order valence-electron chi connectivity index (χ4n) is 2.52. The number of aliphatic carboxylic acids is 1. The van der Waals surface area contributed by atoms with Gasteiger partial charge in [-0.05, 0) is 36.5 Å². The summed E-state index contributed by atoms with van der Waals surface area (Å²) in [5, 5.41) is 20.4. The molecule has 7 nitrogen and oxygen atoms in total. The Bertz CT molecular complexity index is 774. The van der Waals surface area contributed by atoms with Crippen LogP contribution in [0.2, 0.25) is 5.02 Å². The summed E-state index contributed by atoms with van der Waals surface area (Å²) in [7, 11) is 0. The van der Waals surface area contributed by atoms with Crippen LogP contribution in [0.4, 0.5) is 0 Å². The van der Waals surface area contributed by atoms with E-state index >= 15 is 0 Å². The van der Waals surface area contributed by atoms with E-state index in [9.17, 15) is 14.7 Å². The minimum absolute atomic E-state index is 0.0498. The smallest absolute Gasteiger partial charge is 0.329 e. The lowest BCUT2D eigenvalue weighted by molar-refractivity contribution is -0.144. The van der Waals surface area contributed by atoms with E-state index in [0.29, 0.717) is 35.1 Å². The summed E-state index contributed by atoms with van der Waals surface area (Å²) < 4.78 is 1.39. The van der Waals surface area contributed by atoms with E-state index in [1.54, 1.807) is 36.0 Å². The number of carboxylic acids is 1. The Labute approximate surface area is 147 Å². The number of amides is 1. The van der Waals surface area contributed by atoms with Gasteiger partial charge in [0.15, 0.2) is 5.69 Å². The van der Waals surface area contributed by atoms with Crippen molar-refractivity contribution in [1.82, 2.24) is 20.3 Å². The van der Waals surface area contributed by atoms with Gasteiger partial charge in [0.2, 0.25) is 0 Å². The van der Waals surface area contributed by atoms with Crippen molar-refractivity contribution in [2.24, 2.45) is 0 Å². The number of nitrogens with zero attached hydrogens (tertiary/aromatic N) is 3. The predicted octanol–water partition coefficient (Wildman–Crippen LogP) is 2.00. The number of nitrogens with one attached hydrogen (secondary N) is 1. The third-order valence-corrected chi connectivity index (χ3v) is 5.24. The van der Waals surface area contributed by atoms with Crippen LogP contribution < -0.4 is 5.32 Å². The monoisotopic (exact) mass is 366 g/mol. The predicted molar refractivity (Wildman–Crippen MR) is 90.8 cm³/mol. The molecule has 0 atom stereocenters. The third kappa shape index (κ3) is 3.25. The number of thioether (sulfide) groups is 1. The Balaban J connectivity index is 1.81. The van der Waals surface area contributed by atoms with Crippen molar-refractivity contribution in [1.29, 1.82) is 0 Å². The van der Waals surface area contributed by atoms with Crippen LogP contribution in [0.5, 0.6) is 0 Å². The normalized spacial score (nSPS) is 16.5. The van der Waals surface area contributed by atoms with Crippen molar-refractivity contribution in [3.05, 3.63) is 41.2 Å². The first kappa shape index (κ1) is 16.8. The first-order valence-electron chi connectivity index (χ1n) is 7.33. The van der Waals surface area contributed by atoms with Crippen molar-refractivity contribution in [3.63, 3.8) is 0 Å². The van der Waals surface area contributed by atoms with E-state index in [4.69, 9.17) is 11.6 Å². The zero-order valence-electron chi connectivity index (χ0n) is 12.6. The lowest BCUT2D eigenvalue weighted by atomic mass is 9.92. The van der Waals surface area contributed by atoms with Gasteiger partial charge in [-0.15, -0.1) is 5.10 Å². The summed E-state index contributed by atoms with van der Waals surface area (Å²) in [6.45, 7) is 0. The van der Waals surface area contributed by atoms with Crippen molar-refractivity contribution in [3.8, 4) is 5.69 Å². The molecule has 0 spiro atoms. The molecule has 1 amide bonds. The van der Waals surface area contributed by atoms with E-state index in [1.165, 1.54) is 10.9 Å². The number of hydrogen-bond acceptors (Lipinski definition) is 5. The van der Waals surface area contributed by atoms with Gasteiger partial charge in [0.05, 0.1) is 16.9 Å². The van der Waals surface area contributed by atoms with Gasteiger partial charge < -0.3 is 10.4 Å². The molecule has 1 fully saturated rings. The highest BCUT2D eigenvalue weighted by molar-refractivity contribution is 7.99. The molecule has 1 aromatic carbocycles. The SMILES string of the molecule is O=C(NC1(C(=O)O)CCSCC1)c1cn(-c2ccccc2Cl)nn1. The number of benzene rings is 1. The van der Waals surface area contributed by atoms with E-state index < -0.39 is 17.4 Å². The summed E-state index contributed by atoms with van der Waals surface area (Å²) in [4.78, 5) is 24.1. The molecule has 3 rings (SSSR count). The second kappa shape index (κ2) is 6.82. The molecule has 126 valence electrons. The quantitative estimate of drug-likeness (QED) is 0.859. The van der Waals surface area contributed by atoms with Gasteiger partial charge in [-0.3, -0.25) is 4.79 Å². The van der Waals surface area contributed by atoms with E-state index in [1.807, 2.05) is 0 Å². The molecule has 0 unspecified atom stereocenters. The highest BCUT2D eigenvalue weighted by atomic mass is 35.5. The molecule has 1 aliphatic heterocycles. The highest BCUT2D eigenvalue weighted by Crippen LogP contribution is 2.28. The largest absolute Gasteiger partial charge is 0.480 e. The third-order valence-electron chi connectivity index (χ3n) is 3.93. The number of hydrogen-bond donors (Lipinski definition) is 2. The topological polar surface area (TPSA) is 97.1 Å². The molecule has 2 N–H and O–H groups in total. The van der Waals surface area contributed by atoms with Crippen LogP contribution in [-0.2, 0) is 4.79 Å². The van der Waals surface area contributed by atoms with Crippen molar-refractivity contribution in [2.45, 2.75) is 18.4 Å². The number of carboxylic acid groups (broad SMARTS) is 1. The van der Waals surface area contributed by atoms with Gasteiger partial charge in [-0.1, -0.05) is 28.9 Å². The molecule has 2 aromatic rings. The lowest BCUT2D eigenvalue weighted by Gasteiger charge is -2.33. The van der Waals surface area contributed by atoms with Crippen LogP contribution in [0.25, 0.3) is 5.69 Å². The maximum Gasteiger partial charge on any atom is 0.329 e. The summed E-state index contributed by atoms with van der Waals surface area (Å²) in [5.74, 6) is -0.185. The first-order chi connectivity index (χ1) is 11.5. The molecule has 9 heteroatoms. The van der Waals surface area contributed by atoms with Crippen LogP contribution in [0.3, 0.4) is 0 Å². The Morgan fingerprint density at radius 2 is 2.00 bits per heavy atom. The highest BCUT2D eigenvalue weighted by Gasteiger charge is 2.41. The van der Waals surface area contributed by atoms with E-state index in [2.05, 4.69) is 15.6 Å². The standard InChI is InChI=1S/C15H15ClN4O3S/c16-10-3-1-2-4-12(10)20-9-11(18-19-20)13(21)17-15(14(22)23)5-7-24-8-6-15/h1-4,9H,5-8H2,(H,17,21)(H,22,23). The average Bonchev–Trinajstić information content (AvgIpc) is 3.06. The molecule has 1 aliphatic rings. The molecule has 0 aliphatic carbocycles. The zero-order chi connectivity index (χ0) is 17.2. The number of aromatic nitrogens is 3. The van der Waals surface area contributed by atoms with Gasteiger partial charge >= 0.3 is 5.97 Å². The number of rotatable bonds is 4. The Morgan fingerprint density at radius 1 is 1.29 bits per heavy atom. The molecule has 1 aromatic heterocycles. The molecule has 1 saturated heterocycles. The summed E-state index contributed by atoms with van der Waals surface area (Å²) in [6.07, 6.45) is 2.21. The first-order valence-corrected chi connectivity index (χ1v) is 8.86. The average molecular weight is 367 g/mol. The summed E-state index contributed by atoms with van der Waals surface area (Å²) in [6, 6.07) is 7.03. The fraction of sp³-hybridized carbons (Fsp3) is 0.333. The van der Waals surface area contributed by atoms with Gasteiger partial charge in [0.25, 0.3) is 5.91 Å². The van der Waals surface area contributed by atoms with Crippen LogP contribution in [0.1, 0.15) is 23.3 Å². The number of halogens is 1. The second-order valence-corrected chi connectivity index (χ2v) is 7.09. The molecule has 0 bridgehead atoms. The fourth-order valence-corrected chi connectivity index (χ4v) is 3.93. The minimum Gasteiger partial charge on any atom is -0.480 e. The second-order valence-electron chi connectivity index (χ2n) is 5.45. The molecule has 24 heavy (non-hydrogen) atoms. The van der Waals surface area contributed by atoms with Crippen LogP contribution in [0, 0.1) is 0 Å². The number of carbonyl (C=O) groups excluding carboxylic acids is 1. The van der Waals surface area contributed by atoms with Crippen LogP contribution in [-0.4, -0.2) is 49.0 Å². The Kier molecular flexibility index (Phi) is 4.77. The maximum atomic E-state index is 12.4. The van der Waals surface area contributed by atoms with Crippen molar-refractivity contribution < 1.29 is 14.7 Å². The van der Waals surface area contributed by atoms with Crippen molar-refractivity contribution >= 4 is 35.2 Å². The van der Waals surface area contributed by atoms with Crippen molar-refractivity contribution in [2.75, 3.05) is 11.5 Å². The molecular formula is C15H15ClN4O3S. The maximum absolute atomic E-state index is 12.4. The number of carbonyl (C=O) groups is 2.